The van der Waals surface area contributed by atoms with Gasteiger partial charge in [-0.05, 0) is 41.9 Å². The molecule has 0 aliphatic carbocycles. The zero-order valence-electron chi connectivity index (χ0n) is 17.3. The van der Waals surface area contributed by atoms with E-state index in [9.17, 15) is 16.8 Å². The predicted octanol–water partition coefficient (Wildman–Crippen LogP) is 3.26. The van der Waals surface area contributed by atoms with E-state index < -0.39 is 23.9 Å². The topological polar surface area (TPSA) is 105 Å². The van der Waals surface area contributed by atoms with Gasteiger partial charge in [0.1, 0.15) is 5.82 Å². The Balaban J connectivity index is 1.95. The van der Waals surface area contributed by atoms with Crippen LogP contribution >= 0.6 is 23.3 Å². The summed E-state index contributed by atoms with van der Waals surface area (Å²) in [5.74, 6) is 1.29. The van der Waals surface area contributed by atoms with Crippen molar-refractivity contribution in [2.75, 3.05) is 19.3 Å². The fourth-order valence-corrected chi connectivity index (χ4v) is 8.29. The molecule has 2 aromatic carbocycles. The van der Waals surface area contributed by atoms with Crippen LogP contribution in [0.25, 0.3) is 0 Å². The van der Waals surface area contributed by atoms with Crippen LogP contribution in [0.3, 0.4) is 0 Å². The monoisotopic (exact) mass is 509 g/mol. The van der Waals surface area contributed by atoms with E-state index in [1.54, 1.807) is 48.2 Å². The molecule has 3 rings (SSSR count). The SMILES string of the molecule is CNC(NCCSCc1ccsn1)=C(S(=O)(=O)c1ccccc1)S(=O)(=O)c1ccccc1. The van der Waals surface area contributed by atoms with Crippen molar-refractivity contribution in [3.8, 4) is 0 Å². The number of aromatic nitrogens is 1. The molecule has 7 nitrogen and oxygen atoms in total. The minimum atomic E-state index is -4.35. The van der Waals surface area contributed by atoms with E-state index in [-0.39, 0.29) is 15.6 Å². The first-order chi connectivity index (χ1) is 15.4. The molecule has 1 heterocycles. The third-order valence-electron chi connectivity index (χ3n) is 4.34. The fraction of sp³-hybridized carbons (Fsp3) is 0.190. The van der Waals surface area contributed by atoms with Gasteiger partial charge in [-0.3, -0.25) is 0 Å². The second-order valence-corrected chi connectivity index (χ2v) is 12.3. The molecule has 0 fully saturated rings. The number of hydrogen-bond donors (Lipinski definition) is 2. The smallest absolute Gasteiger partial charge is 0.221 e. The van der Waals surface area contributed by atoms with Crippen molar-refractivity contribution in [2.24, 2.45) is 0 Å². The van der Waals surface area contributed by atoms with E-state index >= 15 is 0 Å². The third-order valence-corrected chi connectivity index (χ3v) is 10.4. The van der Waals surface area contributed by atoms with Gasteiger partial charge in [0.05, 0.1) is 15.5 Å². The van der Waals surface area contributed by atoms with E-state index in [1.165, 1.54) is 42.8 Å². The van der Waals surface area contributed by atoms with Crippen LogP contribution in [-0.4, -0.2) is 40.6 Å². The molecule has 0 amide bonds. The summed E-state index contributed by atoms with van der Waals surface area (Å²) in [4.78, 5) is -0.191. The fourth-order valence-electron chi connectivity index (χ4n) is 2.83. The van der Waals surface area contributed by atoms with Crippen LogP contribution < -0.4 is 10.6 Å². The molecule has 0 radical (unpaired) electrons. The van der Waals surface area contributed by atoms with Gasteiger partial charge in [-0.15, -0.1) is 0 Å². The van der Waals surface area contributed by atoms with Crippen LogP contribution in [0.15, 0.2) is 92.0 Å². The lowest BCUT2D eigenvalue weighted by Crippen LogP contribution is -2.32. The van der Waals surface area contributed by atoms with Gasteiger partial charge in [0, 0.05) is 30.5 Å². The minimum Gasteiger partial charge on any atom is -0.373 e. The van der Waals surface area contributed by atoms with Crippen LogP contribution in [0.4, 0.5) is 0 Å². The van der Waals surface area contributed by atoms with Gasteiger partial charge >= 0.3 is 0 Å². The number of rotatable bonds is 11. The van der Waals surface area contributed by atoms with Crippen molar-refractivity contribution in [1.82, 2.24) is 15.0 Å². The van der Waals surface area contributed by atoms with Crippen LogP contribution in [0, 0.1) is 0 Å². The Morgan fingerprint density at radius 1 is 0.906 bits per heavy atom. The van der Waals surface area contributed by atoms with Gasteiger partial charge in [-0.2, -0.15) is 16.1 Å². The molecule has 3 aromatic rings. The summed E-state index contributed by atoms with van der Waals surface area (Å²) in [6, 6.07) is 17.0. The van der Waals surface area contributed by atoms with Crippen molar-refractivity contribution in [1.29, 1.82) is 0 Å². The van der Waals surface area contributed by atoms with Gasteiger partial charge in [0.15, 0.2) is 0 Å². The highest BCUT2D eigenvalue weighted by atomic mass is 32.3. The molecule has 170 valence electrons. The van der Waals surface area contributed by atoms with Crippen molar-refractivity contribution < 1.29 is 16.8 Å². The first-order valence-electron chi connectivity index (χ1n) is 9.60. The summed E-state index contributed by atoms with van der Waals surface area (Å²) in [6.07, 6.45) is 0. The minimum absolute atomic E-state index is 0.0630. The Kier molecular flexibility index (Phi) is 8.35. The predicted molar refractivity (Wildman–Crippen MR) is 130 cm³/mol. The second-order valence-electron chi connectivity index (χ2n) is 6.52. The van der Waals surface area contributed by atoms with Gasteiger partial charge in [0.25, 0.3) is 0 Å². The summed E-state index contributed by atoms with van der Waals surface area (Å²) in [5.41, 5.74) is 0.975. The van der Waals surface area contributed by atoms with Crippen molar-refractivity contribution >= 4 is 43.0 Å². The second kappa shape index (κ2) is 11.0. The van der Waals surface area contributed by atoms with Gasteiger partial charge < -0.3 is 10.6 Å². The summed E-state index contributed by atoms with van der Waals surface area (Å²) in [5, 5.41) is 7.63. The largest absolute Gasteiger partial charge is 0.373 e. The van der Waals surface area contributed by atoms with Crippen molar-refractivity contribution in [3.63, 3.8) is 0 Å². The zero-order chi connectivity index (χ0) is 23.0. The Bertz CT molecular complexity index is 1170. The van der Waals surface area contributed by atoms with Crippen LogP contribution in [0.5, 0.6) is 0 Å². The molecular formula is C21H23N3O4S4. The molecular weight excluding hydrogens is 487 g/mol. The third kappa shape index (κ3) is 5.71. The van der Waals surface area contributed by atoms with Gasteiger partial charge in [0.2, 0.25) is 23.9 Å². The number of hydrogen-bond acceptors (Lipinski definition) is 9. The Labute approximate surface area is 197 Å². The van der Waals surface area contributed by atoms with Crippen LogP contribution in [0.2, 0.25) is 0 Å². The molecule has 2 N–H and O–H groups in total. The average Bonchev–Trinajstić information content (AvgIpc) is 3.32. The summed E-state index contributed by atoms with van der Waals surface area (Å²) < 4.78 is 57.4. The maximum absolute atomic E-state index is 13.5. The van der Waals surface area contributed by atoms with Crippen molar-refractivity contribution in [3.05, 3.63) is 87.9 Å². The van der Waals surface area contributed by atoms with Crippen LogP contribution in [0.1, 0.15) is 5.69 Å². The molecule has 0 bridgehead atoms. The summed E-state index contributed by atoms with van der Waals surface area (Å²) in [6.45, 7) is 0.364. The molecule has 1 aromatic heterocycles. The molecule has 0 atom stereocenters. The molecule has 0 saturated heterocycles. The van der Waals surface area contributed by atoms with Crippen LogP contribution in [-0.2, 0) is 25.4 Å². The van der Waals surface area contributed by atoms with Gasteiger partial charge in [-0.25, -0.2) is 16.8 Å². The normalized spacial score (nSPS) is 11.7. The molecule has 0 saturated carbocycles. The van der Waals surface area contributed by atoms with E-state index in [4.69, 9.17) is 0 Å². The molecule has 0 unspecified atom stereocenters. The number of sulfone groups is 2. The Morgan fingerprint density at radius 2 is 1.47 bits per heavy atom. The Hall–Kier alpha value is -2.34. The number of nitrogens with zero attached hydrogens (tertiary/aromatic N) is 1. The lowest BCUT2D eigenvalue weighted by Gasteiger charge is -2.18. The van der Waals surface area contributed by atoms with Gasteiger partial charge in [-0.1, -0.05) is 36.4 Å². The average molecular weight is 510 g/mol. The summed E-state index contributed by atoms with van der Waals surface area (Å²) in [7, 11) is -7.20. The zero-order valence-corrected chi connectivity index (χ0v) is 20.5. The number of thioether (sulfide) groups is 1. The lowest BCUT2D eigenvalue weighted by molar-refractivity contribution is 0.592. The molecule has 0 aliphatic rings. The Morgan fingerprint density at radius 3 is 1.94 bits per heavy atom. The number of benzene rings is 2. The number of nitrogens with one attached hydrogen (secondary N) is 2. The molecule has 32 heavy (non-hydrogen) atoms. The quantitative estimate of drug-likeness (QED) is 0.380. The van der Waals surface area contributed by atoms with E-state index in [1.807, 2.05) is 11.4 Å². The first-order valence-corrected chi connectivity index (χ1v) is 14.6. The van der Waals surface area contributed by atoms with E-state index in [0.29, 0.717) is 12.3 Å². The highest BCUT2D eigenvalue weighted by Crippen LogP contribution is 2.30. The highest BCUT2D eigenvalue weighted by Gasteiger charge is 2.37. The molecule has 11 heteroatoms. The summed E-state index contributed by atoms with van der Waals surface area (Å²) >= 11 is 3.00. The van der Waals surface area contributed by atoms with E-state index in [2.05, 4.69) is 15.0 Å². The first kappa shape index (κ1) is 24.3. The maximum Gasteiger partial charge on any atom is 0.221 e. The highest BCUT2D eigenvalue weighted by molar-refractivity contribution is 8.14. The van der Waals surface area contributed by atoms with E-state index in [0.717, 1.165) is 11.4 Å². The van der Waals surface area contributed by atoms with Crippen molar-refractivity contribution in [2.45, 2.75) is 15.5 Å². The lowest BCUT2D eigenvalue weighted by atomic mass is 10.4. The maximum atomic E-state index is 13.5. The standard InChI is InChI=1S/C21H23N3O4S4/c1-22-20(23-13-15-29-16-17-12-14-30-24-17)21(31(25,26)18-8-4-2-5-9-18)32(27,28)19-10-6-3-7-11-19/h2-12,14,22-23H,13,15-16H2,1H3. The molecule has 0 spiro atoms. The molecule has 0 aliphatic heterocycles.